The van der Waals surface area contributed by atoms with E-state index in [9.17, 15) is 4.79 Å². The molecule has 1 heterocycles. The lowest BCUT2D eigenvalue weighted by molar-refractivity contribution is -0.121. The molecule has 0 aliphatic carbocycles. The Bertz CT molecular complexity index is 1650. The van der Waals surface area contributed by atoms with E-state index in [0.717, 1.165) is 39.0 Å². The number of aryl methyl sites for hydroxylation is 2. The fourth-order valence-electron chi connectivity index (χ4n) is 4.83. The predicted octanol–water partition coefficient (Wildman–Crippen LogP) is 7.48. The number of carbonyl (C=O) groups excluding carboxylic acids is 1. The van der Waals surface area contributed by atoms with Crippen molar-refractivity contribution in [3.63, 3.8) is 0 Å². The monoisotopic (exact) mass is 596 g/mol. The highest BCUT2D eigenvalue weighted by atomic mass is 35.5. The quantitative estimate of drug-likeness (QED) is 0.160. The molecule has 5 rings (SSSR count). The lowest BCUT2D eigenvalue weighted by Crippen LogP contribution is -2.33. The highest BCUT2D eigenvalue weighted by Gasteiger charge is 2.26. The largest absolute Gasteiger partial charge is 0.497 e. The molecule has 1 unspecified atom stereocenters. The number of hydrogen-bond acceptors (Lipinski definition) is 5. The number of benzene rings is 4. The Morgan fingerprint density at radius 2 is 1.67 bits per heavy atom. The Balaban J connectivity index is 1.51. The SMILES string of the molecule is COc1ccc(CC(=O)NC(Cc2ccccc2)c2nnc(SCc3cccc(C)c3)n2-c2cc(Cl)ccc2C)cc1. The van der Waals surface area contributed by atoms with Gasteiger partial charge in [-0.15, -0.1) is 10.2 Å². The van der Waals surface area contributed by atoms with E-state index >= 15 is 0 Å². The van der Waals surface area contributed by atoms with Gasteiger partial charge in [0.05, 0.1) is 25.3 Å². The van der Waals surface area contributed by atoms with Crippen molar-refractivity contribution in [3.05, 3.63) is 136 Å². The number of thioether (sulfide) groups is 1. The van der Waals surface area contributed by atoms with Gasteiger partial charge < -0.3 is 10.1 Å². The molecule has 0 radical (unpaired) electrons. The van der Waals surface area contributed by atoms with Crippen LogP contribution >= 0.6 is 23.4 Å². The van der Waals surface area contributed by atoms with E-state index in [4.69, 9.17) is 21.4 Å². The summed E-state index contributed by atoms with van der Waals surface area (Å²) in [5.41, 5.74) is 6.31. The van der Waals surface area contributed by atoms with E-state index in [-0.39, 0.29) is 12.3 Å². The first-order valence-corrected chi connectivity index (χ1v) is 15.1. The van der Waals surface area contributed by atoms with Crippen molar-refractivity contribution < 1.29 is 9.53 Å². The van der Waals surface area contributed by atoms with Crippen LogP contribution in [0, 0.1) is 13.8 Å². The first-order chi connectivity index (χ1) is 20.4. The molecule has 4 aromatic carbocycles. The Hall–Kier alpha value is -4.07. The maximum atomic E-state index is 13.4. The fourth-order valence-corrected chi connectivity index (χ4v) is 5.89. The normalized spacial score (nSPS) is 11.7. The number of nitrogens with zero attached hydrogens (tertiary/aromatic N) is 3. The van der Waals surface area contributed by atoms with E-state index in [1.54, 1.807) is 18.9 Å². The molecule has 5 aromatic rings. The van der Waals surface area contributed by atoms with Crippen molar-refractivity contribution >= 4 is 29.3 Å². The molecule has 6 nitrogen and oxygen atoms in total. The third kappa shape index (κ3) is 7.41. The van der Waals surface area contributed by atoms with E-state index in [2.05, 4.69) is 53.7 Å². The van der Waals surface area contributed by atoms with Gasteiger partial charge in [-0.05, 0) is 66.8 Å². The zero-order valence-corrected chi connectivity index (χ0v) is 25.5. The number of aromatic nitrogens is 3. The molecule has 42 heavy (non-hydrogen) atoms. The van der Waals surface area contributed by atoms with Crippen LogP contribution in [0.15, 0.2) is 102 Å². The maximum Gasteiger partial charge on any atom is 0.225 e. The lowest BCUT2D eigenvalue weighted by Gasteiger charge is -2.21. The van der Waals surface area contributed by atoms with Crippen LogP contribution in [0.2, 0.25) is 5.02 Å². The molecule has 1 amide bonds. The smallest absolute Gasteiger partial charge is 0.225 e. The third-order valence-corrected chi connectivity index (χ3v) is 8.21. The third-order valence-electron chi connectivity index (χ3n) is 6.97. The summed E-state index contributed by atoms with van der Waals surface area (Å²) >= 11 is 8.10. The summed E-state index contributed by atoms with van der Waals surface area (Å²) in [6.07, 6.45) is 0.782. The van der Waals surface area contributed by atoms with Crippen LogP contribution in [0.25, 0.3) is 5.69 Å². The minimum absolute atomic E-state index is 0.104. The van der Waals surface area contributed by atoms with Crippen molar-refractivity contribution in [1.29, 1.82) is 0 Å². The number of rotatable bonds is 11. The average molecular weight is 597 g/mol. The lowest BCUT2D eigenvalue weighted by atomic mass is 10.0. The molecule has 1 atom stereocenters. The number of methoxy groups -OCH3 is 1. The van der Waals surface area contributed by atoms with Crippen LogP contribution in [0.5, 0.6) is 5.75 Å². The van der Waals surface area contributed by atoms with Crippen LogP contribution in [-0.4, -0.2) is 27.8 Å². The first kappa shape index (κ1) is 29.4. The van der Waals surface area contributed by atoms with E-state index in [1.165, 1.54) is 11.1 Å². The molecule has 0 fully saturated rings. The molecular formula is C34H33ClN4O2S. The molecule has 0 aliphatic heterocycles. The van der Waals surface area contributed by atoms with Gasteiger partial charge in [0.15, 0.2) is 11.0 Å². The minimum atomic E-state index is -0.433. The molecular weight excluding hydrogens is 564 g/mol. The molecule has 214 valence electrons. The average Bonchev–Trinajstić information content (AvgIpc) is 3.41. The molecule has 0 aliphatic rings. The van der Waals surface area contributed by atoms with Gasteiger partial charge in [-0.1, -0.05) is 102 Å². The number of hydrogen-bond donors (Lipinski definition) is 1. The molecule has 1 N–H and O–H groups in total. The van der Waals surface area contributed by atoms with E-state index in [1.807, 2.05) is 72.2 Å². The standard InChI is InChI=1S/C34H33ClN4O2S/c1-23-8-7-11-27(18-23)22-42-34-38-37-33(39(34)31-21-28(35)15-12-24(31)2)30(19-25-9-5-4-6-10-25)36-32(40)20-26-13-16-29(41-3)17-14-26/h4-18,21,30H,19-20,22H2,1-3H3,(H,36,40). The molecule has 0 saturated carbocycles. The second kappa shape index (κ2) is 13.7. The van der Waals surface area contributed by atoms with E-state index < -0.39 is 6.04 Å². The van der Waals surface area contributed by atoms with Crippen LogP contribution < -0.4 is 10.1 Å². The first-order valence-electron chi connectivity index (χ1n) is 13.8. The topological polar surface area (TPSA) is 69.0 Å². The Kier molecular flexibility index (Phi) is 9.62. The van der Waals surface area contributed by atoms with Crippen molar-refractivity contribution in [3.8, 4) is 11.4 Å². The zero-order chi connectivity index (χ0) is 29.5. The summed E-state index contributed by atoms with van der Waals surface area (Å²) in [4.78, 5) is 13.4. The van der Waals surface area contributed by atoms with Crippen molar-refractivity contribution in [2.45, 2.75) is 43.6 Å². The van der Waals surface area contributed by atoms with Crippen LogP contribution in [-0.2, 0) is 23.4 Å². The van der Waals surface area contributed by atoms with Gasteiger partial charge >= 0.3 is 0 Å². The maximum absolute atomic E-state index is 13.4. The van der Waals surface area contributed by atoms with Gasteiger partial charge in [0.2, 0.25) is 5.91 Å². The second-order valence-corrected chi connectivity index (χ2v) is 11.6. The van der Waals surface area contributed by atoms with Gasteiger partial charge in [-0.2, -0.15) is 0 Å². The van der Waals surface area contributed by atoms with Crippen LogP contribution in [0.1, 0.15) is 39.7 Å². The van der Waals surface area contributed by atoms with Gasteiger partial charge in [0.25, 0.3) is 0 Å². The summed E-state index contributed by atoms with van der Waals surface area (Å²) in [5.74, 6) is 2.03. The summed E-state index contributed by atoms with van der Waals surface area (Å²) in [6.45, 7) is 4.13. The second-order valence-electron chi connectivity index (χ2n) is 10.2. The molecule has 1 aromatic heterocycles. The number of halogens is 1. The Labute approximate surface area is 256 Å². The fraction of sp³-hybridized carbons (Fsp3) is 0.206. The number of ether oxygens (including phenoxy) is 1. The highest BCUT2D eigenvalue weighted by Crippen LogP contribution is 2.31. The van der Waals surface area contributed by atoms with Crippen molar-refractivity contribution in [2.75, 3.05) is 7.11 Å². The van der Waals surface area contributed by atoms with Gasteiger partial charge in [0.1, 0.15) is 5.75 Å². The van der Waals surface area contributed by atoms with Crippen molar-refractivity contribution in [2.24, 2.45) is 0 Å². The van der Waals surface area contributed by atoms with Gasteiger partial charge in [0, 0.05) is 10.8 Å². The summed E-state index contributed by atoms with van der Waals surface area (Å²) < 4.78 is 7.31. The molecule has 8 heteroatoms. The van der Waals surface area contributed by atoms with Crippen LogP contribution in [0.4, 0.5) is 0 Å². The zero-order valence-electron chi connectivity index (χ0n) is 23.9. The Morgan fingerprint density at radius 3 is 2.40 bits per heavy atom. The van der Waals surface area contributed by atoms with Gasteiger partial charge in [-0.3, -0.25) is 9.36 Å². The molecule has 0 spiro atoms. The molecule has 0 saturated heterocycles. The Morgan fingerprint density at radius 1 is 0.905 bits per heavy atom. The highest BCUT2D eigenvalue weighted by molar-refractivity contribution is 7.98. The number of carbonyl (C=O) groups is 1. The number of amides is 1. The summed E-state index contributed by atoms with van der Waals surface area (Å²) in [5, 5.41) is 13.9. The van der Waals surface area contributed by atoms with Gasteiger partial charge in [-0.25, -0.2) is 0 Å². The van der Waals surface area contributed by atoms with Crippen LogP contribution in [0.3, 0.4) is 0 Å². The summed E-state index contributed by atoms with van der Waals surface area (Å²) in [7, 11) is 1.63. The van der Waals surface area contributed by atoms with Crippen molar-refractivity contribution in [1.82, 2.24) is 20.1 Å². The van der Waals surface area contributed by atoms with E-state index in [0.29, 0.717) is 17.3 Å². The predicted molar refractivity (Wildman–Crippen MR) is 170 cm³/mol. The summed E-state index contributed by atoms with van der Waals surface area (Å²) in [6, 6.07) is 31.4. The number of nitrogens with one attached hydrogen (secondary N) is 1. The minimum Gasteiger partial charge on any atom is -0.497 e. The molecule has 0 bridgehead atoms.